The van der Waals surface area contributed by atoms with Gasteiger partial charge in [0, 0.05) is 44.7 Å². The van der Waals surface area contributed by atoms with Gasteiger partial charge in [0.25, 0.3) is 0 Å². The first-order valence-electron chi connectivity index (χ1n) is 19.6. The number of nitrogens with zero attached hydrogens (tertiary/aromatic N) is 2. The van der Waals surface area contributed by atoms with Crippen LogP contribution in [0.25, 0.3) is 43.9 Å². The van der Waals surface area contributed by atoms with E-state index in [1.807, 2.05) is 6.07 Å². The fourth-order valence-electron chi connectivity index (χ4n) is 11.3. The van der Waals surface area contributed by atoms with Gasteiger partial charge in [0.15, 0.2) is 11.2 Å². The molecule has 0 N–H and O–H groups in total. The largest absolute Gasteiger partial charge is 0.454 e. The lowest BCUT2D eigenvalue weighted by Gasteiger charge is -2.41. The third kappa shape index (κ3) is 5.29. The van der Waals surface area contributed by atoms with Gasteiger partial charge in [-0.05, 0) is 115 Å². The molecule has 0 radical (unpaired) electrons. The zero-order valence-electron chi connectivity index (χ0n) is 32.7. The summed E-state index contributed by atoms with van der Waals surface area (Å²) in [6.45, 7) is 23.6. The molecule has 3 fully saturated rings. The second-order valence-electron chi connectivity index (χ2n) is 18.4. The highest BCUT2D eigenvalue weighted by atomic mass is 16.3. The molecule has 2 saturated heterocycles. The van der Waals surface area contributed by atoms with Crippen molar-refractivity contribution in [3.8, 4) is 0 Å². The summed E-state index contributed by atoms with van der Waals surface area (Å²) in [5.41, 5.74) is 10.3. The van der Waals surface area contributed by atoms with Crippen molar-refractivity contribution in [3.63, 3.8) is 0 Å². The van der Waals surface area contributed by atoms with Crippen LogP contribution in [0.4, 0.5) is 11.4 Å². The Morgan fingerprint density at radius 3 is 1.45 bits per heavy atom. The second-order valence-corrected chi connectivity index (χ2v) is 18.4. The number of furan rings is 2. The summed E-state index contributed by atoms with van der Waals surface area (Å²) >= 11 is 0. The maximum absolute atomic E-state index is 6.45. The number of benzene rings is 4. The minimum atomic E-state index is 0.112. The first-order valence-corrected chi connectivity index (χ1v) is 19.6. The summed E-state index contributed by atoms with van der Waals surface area (Å²) in [6, 6.07) is 26.8. The maximum Gasteiger partial charge on any atom is 0.158 e. The molecule has 2 aliphatic heterocycles. The van der Waals surface area contributed by atoms with Gasteiger partial charge >= 0.3 is 0 Å². The van der Waals surface area contributed by atoms with Gasteiger partial charge in [-0.2, -0.15) is 0 Å². The van der Waals surface area contributed by atoms with Crippen molar-refractivity contribution in [2.75, 3.05) is 9.80 Å². The quantitative estimate of drug-likeness (QED) is 0.182. The predicted octanol–water partition coefficient (Wildman–Crippen LogP) is 13.5. The van der Waals surface area contributed by atoms with Crippen LogP contribution in [-0.2, 0) is 0 Å². The van der Waals surface area contributed by atoms with E-state index in [0.717, 1.165) is 22.3 Å². The van der Waals surface area contributed by atoms with E-state index in [4.69, 9.17) is 8.83 Å². The molecule has 9 rings (SSSR count). The Morgan fingerprint density at radius 1 is 0.529 bits per heavy atom. The zero-order chi connectivity index (χ0) is 36.1. The molecule has 3 aliphatic rings. The average molecular weight is 683 g/mol. The standard InChI is InChI=1S/C25H31NO.C22H27NO/c1-17-12-13-20-19-10-6-7-11-21(19)27-23(20)22(17)26-18(2)25(16-24(26,3)4)14-8-5-9-15-25;1-14-11-12-17-16-9-7-8-10-18(16)24-20(17)19(14)23-15(2)21(3,4)13-22(23,5)6/h6-7,10-13,18H,5,8-9,14-16H2,1-4H3;7-12,15H,13H2,1-6H3. The highest BCUT2D eigenvalue weighted by Gasteiger charge is 2.54. The van der Waals surface area contributed by atoms with E-state index in [2.05, 4.69) is 146 Å². The fourth-order valence-corrected chi connectivity index (χ4v) is 11.3. The first kappa shape index (κ1) is 34.2. The molecule has 4 heteroatoms. The van der Waals surface area contributed by atoms with Gasteiger partial charge in [-0.15, -0.1) is 0 Å². The van der Waals surface area contributed by atoms with E-state index in [9.17, 15) is 0 Å². The van der Waals surface area contributed by atoms with Crippen LogP contribution in [0.5, 0.6) is 0 Å². The molecule has 1 saturated carbocycles. The third-order valence-corrected chi connectivity index (χ3v) is 13.5. The number of aryl methyl sites for hydroxylation is 2. The summed E-state index contributed by atoms with van der Waals surface area (Å²) in [7, 11) is 0. The lowest BCUT2D eigenvalue weighted by Crippen LogP contribution is -2.44. The minimum absolute atomic E-state index is 0.112. The lowest BCUT2D eigenvalue weighted by atomic mass is 9.68. The molecule has 4 heterocycles. The molecule has 268 valence electrons. The van der Waals surface area contributed by atoms with E-state index in [1.54, 1.807) is 0 Å². The number of hydrogen-bond acceptors (Lipinski definition) is 4. The summed E-state index contributed by atoms with van der Waals surface area (Å²) in [5.74, 6) is 0. The molecule has 4 nitrogen and oxygen atoms in total. The van der Waals surface area contributed by atoms with Crippen molar-refractivity contribution in [1.29, 1.82) is 0 Å². The van der Waals surface area contributed by atoms with Crippen LogP contribution in [0, 0.1) is 24.7 Å². The molecular weight excluding hydrogens is 625 g/mol. The number of anilines is 2. The van der Waals surface area contributed by atoms with Crippen LogP contribution in [0.3, 0.4) is 0 Å². The van der Waals surface area contributed by atoms with Crippen molar-refractivity contribution >= 4 is 55.3 Å². The van der Waals surface area contributed by atoms with Crippen LogP contribution < -0.4 is 9.80 Å². The van der Waals surface area contributed by atoms with Crippen molar-refractivity contribution in [2.24, 2.45) is 10.8 Å². The van der Waals surface area contributed by atoms with Crippen molar-refractivity contribution in [2.45, 2.75) is 137 Å². The summed E-state index contributed by atoms with van der Waals surface area (Å²) < 4.78 is 12.8. The maximum atomic E-state index is 6.45. The van der Waals surface area contributed by atoms with E-state index >= 15 is 0 Å². The normalized spacial score (nSPS) is 23.5. The highest BCUT2D eigenvalue weighted by Crippen LogP contribution is 2.57. The zero-order valence-corrected chi connectivity index (χ0v) is 32.7. The predicted molar refractivity (Wildman–Crippen MR) is 217 cm³/mol. The Morgan fingerprint density at radius 2 is 0.980 bits per heavy atom. The molecule has 2 unspecified atom stereocenters. The Balaban J connectivity index is 0.000000148. The Kier molecular flexibility index (Phi) is 7.91. The molecule has 6 aromatic rings. The monoisotopic (exact) mass is 682 g/mol. The smallest absolute Gasteiger partial charge is 0.158 e. The summed E-state index contributed by atoms with van der Waals surface area (Å²) in [6.07, 6.45) is 9.41. The molecule has 1 spiro atoms. The highest BCUT2D eigenvalue weighted by molar-refractivity contribution is 6.10. The average Bonchev–Trinajstić information content (AvgIpc) is 3.74. The van der Waals surface area contributed by atoms with Gasteiger partial charge in [0.2, 0.25) is 0 Å². The molecular formula is C47H58N2O2. The SMILES string of the molecule is Cc1ccc2c(oc3ccccc32)c1N1C(C)C(C)(C)CC1(C)C.Cc1ccc2c(oc3ccccc32)c1N1C(C)C2(CCCCC2)CC1(C)C. The molecule has 0 bridgehead atoms. The number of para-hydroxylation sites is 2. The topological polar surface area (TPSA) is 32.8 Å². The van der Waals surface area contributed by atoms with Crippen molar-refractivity contribution < 1.29 is 8.83 Å². The second kappa shape index (κ2) is 11.8. The molecule has 2 aromatic heterocycles. The van der Waals surface area contributed by atoms with Crippen molar-refractivity contribution in [3.05, 3.63) is 83.9 Å². The Bertz CT molecular complexity index is 2260. The van der Waals surface area contributed by atoms with E-state index in [-0.39, 0.29) is 16.5 Å². The Labute approximate surface area is 305 Å². The van der Waals surface area contributed by atoms with Crippen LogP contribution in [0.15, 0.2) is 81.6 Å². The summed E-state index contributed by atoms with van der Waals surface area (Å²) in [4.78, 5) is 5.32. The van der Waals surface area contributed by atoms with Gasteiger partial charge in [-0.25, -0.2) is 0 Å². The lowest BCUT2D eigenvalue weighted by molar-refractivity contribution is 0.170. The van der Waals surface area contributed by atoms with Crippen LogP contribution >= 0.6 is 0 Å². The molecule has 4 aromatic carbocycles. The van der Waals surface area contributed by atoms with Gasteiger partial charge in [0.05, 0.1) is 11.4 Å². The molecule has 0 amide bonds. The van der Waals surface area contributed by atoms with Gasteiger partial charge in [-0.1, -0.05) is 93.8 Å². The van der Waals surface area contributed by atoms with Gasteiger partial charge < -0.3 is 18.6 Å². The van der Waals surface area contributed by atoms with Gasteiger partial charge in [0.1, 0.15) is 11.2 Å². The first-order chi connectivity index (χ1) is 24.2. The van der Waals surface area contributed by atoms with Crippen molar-refractivity contribution in [1.82, 2.24) is 0 Å². The fraction of sp³-hybridized carbons (Fsp3) is 0.489. The molecule has 2 atom stereocenters. The minimum Gasteiger partial charge on any atom is -0.454 e. The number of hydrogen-bond donors (Lipinski definition) is 0. The summed E-state index contributed by atoms with van der Waals surface area (Å²) in [5, 5.41) is 4.90. The number of rotatable bonds is 2. The van der Waals surface area contributed by atoms with E-state index in [0.29, 0.717) is 17.5 Å². The van der Waals surface area contributed by atoms with Gasteiger partial charge in [-0.3, -0.25) is 0 Å². The number of fused-ring (bicyclic) bond motifs is 6. The Hall–Kier alpha value is -3.92. The van der Waals surface area contributed by atoms with Crippen LogP contribution in [0.2, 0.25) is 0 Å². The molecule has 51 heavy (non-hydrogen) atoms. The van der Waals surface area contributed by atoms with E-state index in [1.165, 1.54) is 89.0 Å². The van der Waals surface area contributed by atoms with E-state index < -0.39 is 0 Å². The third-order valence-electron chi connectivity index (χ3n) is 13.5. The molecule has 1 aliphatic carbocycles. The van der Waals surface area contributed by atoms with Crippen LogP contribution in [-0.4, -0.2) is 23.2 Å². The van der Waals surface area contributed by atoms with Crippen LogP contribution in [0.1, 0.15) is 111 Å².